The van der Waals surface area contributed by atoms with Gasteiger partial charge in [0.05, 0.1) is 39.9 Å². The van der Waals surface area contributed by atoms with E-state index in [4.69, 9.17) is 23.7 Å². The first-order valence-corrected chi connectivity index (χ1v) is 19.4. The summed E-state index contributed by atoms with van der Waals surface area (Å²) in [7, 11) is -2.06. The summed E-state index contributed by atoms with van der Waals surface area (Å²) in [5.74, 6) is -2.58. The maximum atomic E-state index is 12.9. The van der Waals surface area contributed by atoms with Gasteiger partial charge in [-0.2, -0.15) is 0 Å². The van der Waals surface area contributed by atoms with E-state index in [0.29, 0.717) is 51.4 Å². The number of carbonyl (C=O) groups excluding carboxylic acids is 5. The molecule has 8 aliphatic rings. The van der Waals surface area contributed by atoms with Gasteiger partial charge in [-0.15, -0.1) is 0 Å². The van der Waals surface area contributed by atoms with Crippen LogP contribution in [0, 0.1) is 28.1 Å². The van der Waals surface area contributed by atoms with Crippen LogP contribution in [-0.4, -0.2) is 80.6 Å². The average molecular weight is 776 g/mol. The molecule has 0 aromatic heterocycles. The molecule has 4 aliphatic heterocycles. The Bertz CT molecular complexity index is 1510. The third-order valence-electron chi connectivity index (χ3n) is 12.1. The predicted molar refractivity (Wildman–Crippen MR) is 201 cm³/mol. The molecule has 0 aromatic rings. The second-order valence-corrected chi connectivity index (χ2v) is 18.7. The van der Waals surface area contributed by atoms with Crippen molar-refractivity contribution in [3.8, 4) is 0 Å². The summed E-state index contributed by atoms with van der Waals surface area (Å²) in [5.41, 5.74) is -4.30. The van der Waals surface area contributed by atoms with Crippen LogP contribution < -0.4 is 4.72 Å². The Morgan fingerprint density at radius 1 is 0.698 bits per heavy atom. The molecule has 4 heterocycles. The van der Waals surface area contributed by atoms with Gasteiger partial charge in [0.2, 0.25) is 15.9 Å². The van der Waals surface area contributed by atoms with Crippen molar-refractivity contribution in [3.05, 3.63) is 0 Å². The molecule has 13 nitrogen and oxygen atoms in total. The predicted octanol–water partition coefficient (Wildman–Crippen LogP) is 6.44. The SMILES string of the molecule is C.C.C.C.CCC(C)(C)C(=O)OC12CC3CC(C(=O)NS(C)(=O)=O)(CC(C1)C(=O)O3)C2.CCC(C)(C)C(=O)OC12CC3CC(OC)(CC(C1)C(=O)O3)C2. The van der Waals surface area contributed by atoms with Crippen molar-refractivity contribution in [2.45, 2.75) is 177 Å². The molecule has 0 radical (unpaired) electrons. The molecule has 0 aromatic carbocycles. The molecule has 308 valence electrons. The highest BCUT2D eigenvalue weighted by molar-refractivity contribution is 7.89. The Morgan fingerprint density at radius 3 is 1.53 bits per heavy atom. The number of fused-ring (bicyclic) bond motifs is 2. The van der Waals surface area contributed by atoms with Crippen molar-refractivity contribution in [1.82, 2.24) is 4.72 Å². The molecule has 1 N–H and O–H groups in total. The summed E-state index contributed by atoms with van der Waals surface area (Å²) in [4.78, 5) is 62.7. The minimum absolute atomic E-state index is 0. The van der Waals surface area contributed by atoms with Crippen LogP contribution in [0.15, 0.2) is 0 Å². The number of carbonyl (C=O) groups is 5. The lowest BCUT2D eigenvalue weighted by molar-refractivity contribution is -0.207. The van der Waals surface area contributed by atoms with Gasteiger partial charge in [-0.3, -0.25) is 28.7 Å². The zero-order chi connectivity index (χ0) is 36.4. The van der Waals surface area contributed by atoms with Crippen LogP contribution >= 0.6 is 0 Å². The van der Waals surface area contributed by atoms with E-state index in [0.717, 1.165) is 12.7 Å². The van der Waals surface area contributed by atoms with Crippen LogP contribution in [0.25, 0.3) is 0 Å². The molecule has 0 spiro atoms. The summed E-state index contributed by atoms with van der Waals surface area (Å²) in [6.07, 6.45) is 5.99. The smallest absolute Gasteiger partial charge is 0.312 e. The van der Waals surface area contributed by atoms with E-state index >= 15 is 0 Å². The maximum absolute atomic E-state index is 12.9. The first-order chi connectivity index (χ1) is 22.5. The van der Waals surface area contributed by atoms with E-state index in [1.165, 1.54) is 0 Å². The van der Waals surface area contributed by atoms with Crippen molar-refractivity contribution in [3.63, 3.8) is 0 Å². The highest BCUT2D eigenvalue weighted by Crippen LogP contribution is 2.58. The number of ether oxygens (including phenoxy) is 5. The minimum Gasteiger partial charge on any atom is -0.462 e. The second kappa shape index (κ2) is 16.2. The molecular formula is C39H69NO12S. The van der Waals surface area contributed by atoms with Crippen LogP contribution in [0.4, 0.5) is 0 Å². The van der Waals surface area contributed by atoms with Gasteiger partial charge in [0.1, 0.15) is 23.4 Å². The van der Waals surface area contributed by atoms with Gasteiger partial charge in [-0.25, -0.2) is 8.42 Å². The summed E-state index contributed by atoms with van der Waals surface area (Å²) < 4.78 is 54.0. The molecule has 4 saturated carbocycles. The van der Waals surface area contributed by atoms with Crippen LogP contribution in [0.2, 0.25) is 0 Å². The molecule has 1 amide bonds. The number of esters is 4. The van der Waals surface area contributed by atoms with Crippen molar-refractivity contribution < 1.29 is 56.1 Å². The highest BCUT2D eigenvalue weighted by atomic mass is 32.2. The number of amides is 1. The second-order valence-electron chi connectivity index (χ2n) is 17.0. The molecule has 8 fully saturated rings. The fraction of sp³-hybridized carbons (Fsp3) is 0.872. The molecular weight excluding hydrogens is 706 g/mol. The Labute approximate surface area is 318 Å². The Balaban J connectivity index is 0.000000501. The molecule has 53 heavy (non-hydrogen) atoms. The standard InChI is InChI=1S/C18H27NO7S.C17H26O5.4CH4/c1-5-16(2,3)15(22)26-18-7-11-6-17(10-18,14(21)19-27(4,23)24)8-12(9-18)25-13(11)20;1-5-15(2,3)14(19)22-17-7-11-6-16(10-17,20-4)8-12(9-17)21-13(11)18;;;;/h11-12H,5-10H2,1-4H3,(H,19,21);11-12H,5-10H2,1-4H3;4*1H4. The van der Waals surface area contributed by atoms with Crippen molar-refractivity contribution in [1.29, 1.82) is 0 Å². The van der Waals surface area contributed by atoms with Gasteiger partial charge < -0.3 is 23.7 Å². The molecule has 8 atom stereocenters. The van der Waals surface area contributed by atoms with Crippen LogP contribution in [0.5, 0.6) is 0 Å². The Kier molecular flexibility index (Phi) is 14.7. The third kappa shape index (κ3) is 9.56. The molecule has 8 rings (SSSR count). The van der Waals surface area contributed by atoms with E-state index in [1.54, 1.807) is 21.0 Å². The van der Waals surface area contributed by atoms with Gasteiger partial charge in [-0.1, -0.05) is 43.6 Å². The molecule has 4 saturated heterocycles. The van der Waals surface area contributed by atoms with Crippen LogP contribution in [-0.2, 0) is 57.7 Å². The number of methoxy groups -OCH3 is 1. The summed E-state index contributed by atoms with van der Waals surface area (Å²) in [6, 6.07) is 0. The van der Waals surface area contributed by atoms with Crippen molar-refractivity contribution in [2.75, 3.05) is 13.4 Å². The lowest BCUT2D eigenvalue weighted by atomic mass is 9.56. The van der Waals surface area contributed by atoms with E-state index in [9.17, 15) is 32.4 Å². The number of hydrogen-bond donors (Lipinski definition) is 1. The van der Waals surface area contributed by atoms with Gasteiger partial charge in [0.25, 0.3) is 0 Å². The molecule has 4 aliphatic carbocycles. The van der Waals surface area contributed by atoms with E-state index in [-0.39, 0.29) is 78.9 Å². The molecule has 14 heteroatoms. The Morgan fingerprint density at radius 2 is 1.09 bits per heavy atom. The largest absolute Gasteiger partial charge is 0.462 e. The monoisotopic (exact) mass is 775 g/mol. The average Bonchev–Trinajstić information content (AvgIpc) is 3.24. The minimum atomic E-state index is -3.75. The normalized spacial score (nSPS) is 34.7. The fourth-order valence-corrected chi connectivity index (χ4v) is 9.46. The number of sulfonamides is 1. The van der Waals surface area contributed by atoms with Crippen molar-refractivity contribution >= 4 is 39.8 Å². The molecule has 8 unspecified atom stereocenters. The summed E-state index contributed by atoms with van der Waals surface area (Å²) in [6.45, 7) is 11.3. The quantitative estimate of drug-likeness (QED) is 0.201. The third-order valence-corrected chi connectivity index (χ3v) is 12.7. The molecule has 8 bridgehead atoms. The van der Waals surface area contributed by atoms with Gasteiger partial charge in [0, 0.05) is 52.1 Å². The maximum Gasteiger partial charge on any atom is 0.312 e. The highest BCUT2D eigenvalue weighted by Gasteiger charge is 2.64. The van der Waals surface area contributed by atoms with Crippen LogP contribution in [0.3, 0.4) is 0 Å². The van der Waals surface area contributed by atoms with Crippen molar-refractivity contribution in [2.24, 2.45) is 28.1 Å². The van der Waals surface area contributed by atoms with E-state index in [2.05, 4.69) is 4.72 Å². The van der Waals surface area contributed by atoms with Gasteiger partial charge >= 0.3 is 23.9 Å². The number of rotatable bonds is 9. The van der Waals surface area contributed by atoms with E-state index < -0.39 is 67.0 Å². The van der Waals surface area contributed by atoms with E-state index in [1.807, 2.05) is 27.7 Å². The lowest BCUT2D eigenvalue weighted by Gasteiger charge is -2.52. The number of nitrogens with one attached hydrogen (secondary N) is 1. The van der Waals surface area contributed by atoms with Crippen LogP contribution in [0.1, 0.15) is 148 Å². The fourth-order valence-electron chi connectivity index (χ4n) is 8.90. The first kappa shape index (κ1) is 48.3. The summed E-state index contributed by atoms with van der Waals surface area (Å²) >= 11 is 0. The zero-order valence-electron chi connectivity index (χ0n) is 30.1. The lowest BCUT2D eigenvalue weighted by Crippen LogP contribution is -2.59. The van der Waals surface area contributed by atoms with Gasteiger partial charge in [-0.05, 0) is 59.8 Å². The topological polar surface area (TPSA) is 178 Å². The Hall–Kier alpha value is -2.74. The van der Waals surface area contributed by atoms with Gasteiger partial charge in [0.15, 0.2) is 0 Å². The zero-order valence-corrected chi connectivity index (χ0v) is 30.9. The summed E-state index contributed by atoms with van der Waals surface area (Å²) in [5, 5.41) is 0. The first-order valence-electron chi connectivity index (χ1n) is 17.5. The number of hydrogen-bond acceptors (Lipinski definition) is 12.